The molecule has 76 valence electrons. The Labute approximate surface area is 84.1 Å². The van der Waals surface area contributed by atoms with Gasteiger partial charge in [-0.15, -0.1) is 0 Å². The van der Waals surface area contributed by atoms with Crippen molar-refractivity contribution in [1.82, 2.24) is 9.78 Å². The monoisotopic (exact) mass is 192 g/mol. The molecular weight excluding hydrogens is 176 g/mol. The van der Waals surface area contributed by atoms with Crippen molar-refractivity contribution in [1.29, 1.82) is 0 Å². The van der Waals surface area contributed by atoms with Gasteiger partial charge in [0.25, 0.3) is 0 Å². The molecule has 1 aliphatic carbocycles. The van der Waals surface area contributed by atoms with Crippen LogP contribution in [0, 0.1) is 5.92 Å². The second-order valence-electron chi connectivity index (χ2n) is 4.18. The minimum Gasteiger partial charge on any atom is -0.300 e. The number of hydrogen-bond acceptors (Lipinski definition) is 2. The molecule has 1 saturated carbocycles. The van der Waals surface area contributed by atoms with Crippen LogP contribution in [0.3, 0.4) is 0 Å². The summed E-state index contributed by atoms with van der Waals surface area (Å²) in [5.41, 5.74) is 1.06. The van der Waals surface area contributed by atoms with E-state index in [2.05, 4.69) is 5.10 Å². The standard InChI is InChI=1S/C11H16N2O/c1-9(14)7-11-5-6-12-13(11)8-10-3-2-4-10/h5-6,10H,2-4,7-8H2,1H3. The van der Waals surface area contributed by atoms with Gasteiger partial charge in [0.1, 0.15) is 5.78 Å². The highest BCUT2D eigenvalue weighted by Crippen LogP contribution is 2.27. The normalized spacial score (nSPS) is 16.6. The number of ketones is 1. The van der Waals surface area contributed by atoms with Crippen molar-refractivity contribution in [3.05, 3.63) is 18.0 Å². The predicted octanol–water partition coefficient (Wildman–Crippen LogP) is 1.81. The Morgan fingerprint density at radius 2 is 2.43 bits per heavy atom. The number of carbonyl (C=O) groups is 1. The first-order valence-electron chi connectivity index (χ1n) is 5.26. The molecule has 3 heteroatoms. The Morgan fingerprint density at radius 3 is 3.00 bits per heavy atom. The number of rotatable bonds is 4. The Kier molecular flexibility index (Phi) is 2.66. The van der Waals surface area contributed by atoms with Crippen LogP contribution in [0.15, 0.2) is 12.3 Å². The Bertz CT molecular complexity index is 326. The molecule has 0 radical (unpaired) electrons. The quantitative estimate of drug-likeness (QED) is 0.729. The molecule has 1 aromatic heterocycles. The van der Waals surface area contributed by atoms with E-state index in [1.807, 2.05) is 10.7 Å². The van der Waals surface area contributed by atoms with Crippen LogP contribution < -0.4 is 0 Å². The van der Waals surface area contributed by atoms with Crippen molar-refractivity contribution in [2.45, 2.75) is 39.2 Å². The second-order valence-corrected chi connectivity index (χ2v) is 4.18. The van der Waals surface area contributed by atoms with Crippen LogP contribution in [0.1, 0.15) is 31.9 Å². The number of carbonyl (C=O) groups excluding carboxylic acids is 1. The maximum absolute atomic E-state index is 11.0. The van der Waals surface area contributed by atoms with E-state index in [4.69, 9.17) is 0 Å². The van der Waals surface area contributed by atoms with Crippen LogP contribution in [-0.2, 0) is 17.8 Å². The fraction of sp³-hybridized carbons (Fsp3) is 0.636. The molecule has 1 fully saturated rings. The lowest BCUT2D eigenvalue weighted by Crippen LogP contribution is -2.20. The molecule has 0 N–H and O–H groups in total. The van der Waals surface area contributed by atoms with Crippen LogP contribution >= 0.6 is 0 Å². The summed E-state index contributed by atoms with van der Waals surface area (Å²) in [6.45, 7) is 2.62. The number of hydrogen-bond donors (Lipinski definition) is 0. The third kappa shape index (κ3) is 2.03. The summed E-state index contributed by atoms with van der Waals surface area (Å²) in [6, 6.07) is 1.94. The van der Waals surface area contributed by atoms with Gasteiger partial charge in [0.2, 0.25) is 0 Å². The van der Waals surface area contributed by atoms with Gasteiger partial charge in [-0.05, 0) is 31.7 Å². The molecule has 0 saturated heterocycles. The van der Waals surface area contributed by atoms with Gasteiger partial charge in [0.15, 0.2) is 0 Å². The van der Waals surface area contributed by atoms with Crippen LogP contribution in [0.2, 0.25) is 0 Å². The Morgan fingerprint density at radius 1 is 1.64 bits per heavy atom. The third-order valence-electron chi connectivity index (χ3n) is 2.89. The van der Waals surface area contributed by atoms with Crippen LogP contribution in [0.25, 0.3) is 0 Å². The maximum atomic E-state index is 11.0. The second kappa shape index (κ2) is 3.95. The van der Waals surface area contributed by atoms with Crippen molar-refractivity contribution in [3.8, 4) is 0 Å². The lowest BCUT2D eigenvalue weighted by molar-refractivity contribution is -0.116. The predicted molar refractivity (Wildman–Crippen MR) is 54.0 cm³/mol. The van der Waals surface area contributed by atoms with Crippen LogP contribution in [0.5, 0.6) is 0 Å². The summed E-state index contributed by atoms with van der Waals surface area (Å²) in [5.74, 6) is 1.00. The van der Waals surface area contributed by atoms with Gasteiger partial charge in [-0.3, -0.25) is 9.48 Å². The zero-order valence-corrected chi connectivity index (χ0v) is 8.57. The molecule has 1 aromatic rings. The maximum Gasteiger partial charge on any atom is 0.135 e. The molecule has 3 nitrogen and oxygen atoms in total. The van der Waals surface area contributed by atoms with Gasteiger partial charge in [-0.2, -0.15) is 5.10 Å². The van der Waals surface area contributed by atoms with Gasteiger partial charge in [0, 0.05) is 24.9 Å². The lowest BCUT2D eigenvalue weighted by atomic mass is 9.85. The van der Waals surface area contributed by atoms with Crippen LogP contribution in [0.4, 0.5) is 0 Å². The highest BCUT2D eigenvalue weighted by Gasteiger charge is 2.19. The molecule has 1 heterocycles. The molecule has 1 aliphatic rings. The van der Waals surface area contributed by atoms with E-state index in [1.165, 1.54) is 19.3 Å². The SMILES string of the molecule is CC(=O)Cc1ccnn1CC1CCC1. The highest BCUT2D eigenvalue weighted by molar-refractivity contribution is 5.77. The van der Waals surface area contributed by atoms with Gasteiger partial charge in [-0.25, -0.2) is 0 Å². The molecule has 0 bridgehead atoms. The van der Waals surface area contributed by atoms with Crippen LogP contribution in [-0.4, -0.2) is 15.6 Å². The third-order valence-corrected chi connectivity index (χ3v) is 2.89. The lowest BCUT2D eigenvalue weighted by Gasteiger charge is -2.25. The first-order valence-corrected chi connectivity index (χ1v) is 5.26. The van der Waals surface area contributed by atoms with E-state index < -0.39 is 0 Å². The first-order chi connectivity index (χ1) is 6.75. The summed E-state index contributed by atoms with van der Waals surface area (Å²) in [5, 5.41) is 4.26. The Balaban J connectivity index is 2.00. The van der Waals surface area contributed by atoms with Gasteiger partial charge >= 0.3 is 0 Å². The molecule has 14 heavy (non-hydrogen) atoms. The molecule has 0 amide bonds. The smallest absolute Gasteiger partial charge is 0.135 e. The summed E-state index contributed by atoms with van der Waals surface area (Å²) in [4.78, 5) is 11.0. The number of aromatic nitrogens is 2. The molecule has 0 spiro atoms. The zero-order chi connectivity index (χ0) is 9.97. The zero-order valence-electron chi connectivity index (χ0n) is 8.57. The Hall–Kier alpha value is -1.12. The van der Waals surface area contributed by atoms with Crippen molar-refractivity contribution in [2.75, 3.05) is 0 Å². The largest absolute Gasteiger partial charge is 0.300 e. The number of Topliss-reactive ketones (excluding diaryl/α,β-unsaturated/α-hetero) is 1. The van der Waals surface area contributed by atoms with Gasteiger partial charge in [0.05, 0.1) is 0 Å². The highest BCUT2D eigenvalue weighted by atomic mass is 16.1. The summed E-state index contributed by atoms with van der Waals surface area (Å²) in [7, 11) is 0. The summed E-state index contributed by atoms with van der Waals surface area (Å²) in [6.07, 6.45) is 6.30. The average molecular weight is 192 g/mol. The molecule has 0 aliphatic heterocycles. The minimum atomic E-state index is 0.209. The molecule has 0 aromatic carbocycles. The molecular formula is C11H16N2O. The van der Waals surface area contributed by atoms with Crippen molar-refractivity contribution in [2.24, 2.45) is 5.92 Å². The van der Waals surface area contributed by atoms with Gasteiger partial charge in [-0.1, -0.05) is 6.42 Å². The topological polar surface area (TPSA) is 34.9 Å². The summed E-state index contributed by atoms with van der Waals surface area (Å²) < 4.78 is 1.99. The van der Waals surface area contributed by atoms with E-state index in [-0.39, 0.29) is 5.78 Å². The number of nitrogens with zero attached hydrogens (tertiary/aromatic N) is 2. The van der Waals surface area contributed by atoms with E-state index in [1.54, 1.807) is 13.1 Å². The van der Waals surface area contributed by atoms with E-state index >= 15 is 0 Å². The first kappa shape index (κ1) is 9.44. The van der Waals surface area contributed by atoms with E-state index in [0.717, 1.165) is 18.2 Å². The minimum absolute atomic E-state index is 0.209. The fourth-order valence-corrected chi connectivity index (χ4v) is 1.85. The van der Waals surface area contributed by atoms with Gasteiger partial charge < -0.3 is 0 Å². The summed E-state index contributed by atoms with van der Waals surface area (Å²) >= 11 is 0. The van der Waals surface area contributed by atoms with E-state index in [0.29, 0.717) is 6.42 Å². The van der Waals surface area contributed by atoms with Crippen molar-refractivity contribution >= 4 is 5.78 Å². The molecule has 0 atom stereocenters. The van der Waals surface area contributed by atoms with Crippen molar-refractivity contribution in [3.63, 3.8) is 0 Å². The molecule has 0 unspecified atom stereocenters. The van der Waals surface area contributed by atoms with E-state index in [9.17, 15) is 4.79 Å². The van der Waals surface area contributed by atoms with Crippen molar-refractivity contribution < 1.29 is 4.79 Å². The molecule has 2 rings (SSSR count). The fourth-order valence-electron chi connectivity index (χ4n) is 1.85. The average Bonchev–Trinajstić information content (AvgIpc) is 2.44.